The van der Waals surface area contributed by atoms with E-state index in [1.165, 1.54) is 7.11 Å². The van der Waals surface area contributed by atoms with Crippen molar-refractivity contribution in [3.8, 4) is 5.75 Å². The second-order valence-corrected chi connectivity index (χ2v) is 5.47. The number of rotatable bonds is 6. The highest BCUT2D eigenvalue weighted by atomic mass is 16.5. The van der Waals surface area contributed by atoms with Crippen molar-refractivity contribution in [2.24, 2.45) is 0 Å². The van der Waals surface area contributed by atoms with E-state index < -0.39 is 5.97 Å². The van der Waals surface area contributed by atoms with Crippen molar-refractivity contribution in [2.75, 3.05) is 20.3 Å². The van der Waals surface area contributed by atoms with E-state index in [2.05, 4.69) is 10.3 Å². The van der Waals surface area contributed by atoms with Gasteiger partial charge in [-0.25, -0.2) is 4.79 Å². The maximum absolute atomic E-state index is 12.3. The third kappa shape index (κ3) is 3.80. The lowest BCUT2D eigenvalue weighted by atomic mass is 10.1. The fourth-order valence-electron chi connectivity index (χ4n) is 2.58. The van der Waals surface area contributed by atoms with E-state index in [-0.39, 0.29) is 30.2 Å². The second-order valence-electron chi connectivity index (χ2n) is 5.47. The minimum Gasteiger partial charge on any atom is -0.489 e. The summed E-state index contributed by atoms with van der Waals surface area (Å²) in [5.41, 5.74) is 1.27. The molecule has 0 saturated heterocycles. The molecule has 1 N–H and O–H groups in total. The summed E-state index contributed by atoms with van der Waals surface area (Å²) in [6.07, 6.45) is 1.71. The van der Waals surface area contributed by atoms with Gasteiger partial charge in [0, 0.05) is 11.6 Å². The van der Waals surface area contributed by atoms with Gasteiger partial charge in [-0.1, -0.05) is 30.3 Å². The molecule has 6 heteroatoms. The summed E-state index contributed by atoms with van der Waals surface area (Å²) >= 11 is 0. The molecule has 1 heterocycles. The van der Waals surface area contributed by atoms with E-state index in [0.29, 0.717) is 5.75 Å². The first-order chi connectivity index (χ1) is 12.7. The predicted molar refractivity (Wildman–Crippen MR) is 97.4 cm³/mol. The number of aromatic nitrogens is 1. The van der Waals surface area contributed by atoms with Crippen LogP contribution in [-0.2, 0) is 4.74 Å². The molecular formula is C20H18N2O4. The number of ether oxygens (including phenoxy) is 2. The zero-order chi connectivity index (χ0) is 18.4. The minimum absolute atomic E-state index is 0.228. The molecule has 0 bridgehead atoms. The van der Waals surface area contributed by atoms with E-state index in [9.17, 15) is 9.59 Å². The van der Waals surface area contributed by atoms with Crippen molar-refractivity contribution in [1.82, 2.24) is 10.3 Å². The molecule has 3 aromatic rings. The van der Waals surface area contributed by atoms with Gasteiger partial charge in [-0.3, -0.25) is 9.78 Å². The van der Waals surface area contributed by atoms with Gasteiger partial charge in [0.1, 0.15) is 17.9 Å². The molecule has 0 unspecified atom stereocenters. The van der Waals surface area contributed by atoms with Crippen LogP contribution in [0.15, 0.2) is 60.8 Å². The SMILES string of the molecule is COC(=O)c1ccccc1C(=O)NCCOc1cccc2cccnc12. The summed E-state index contributed by atoms with van der Waals surface area (Å²) in [6, 6.07) is 16.0. The van der Waals surface area contributed by atoms with Crippen LogP contribution in [0.1, 0.15) is 20.7 Å². The number of para-hydroxylation sites is 1. The van der Waals surface area contributed by atoms with Gasteiger partial charge in [0.15, 0.2) is 0 Å². The van der Waals surface area contributed by atoms with Crippen molar-refractivity contribution >= 4 is 22.8 Å². The average molecular weight is 350 g/mol. The third-order valence-electron chi connectivity index (χ3n) is 3.82. The summed E-state index contributed by atoms with van der Waals surface area (Å²) in [5, 5.41) is 3.73. The lowest BCUT2D eigenvalue weighted by Crippen LogP contribution is -2.29. The molecule has 0 aliphatic rings. The van der Waals surface area contributed by atoms with Gasteiger partial charge in [0.25, 0.3) is 5.91 Å². The van der Waals surface area contributed by atoms with Crippen LogP contribution in [0, 0.1) is 0 Å². The highest BCUT2D eigenvalue weighted by Gasteiger charge is 2.16. The Morgan fingerprint density at radius 2 is 1.77 bits per heavy atom. The largest absolute Gasteiger partial charge is 0.489 e. The number of carbonyl (C=O) groups excluding carboxylic acids is 2. The van der Waals surface area contributed by atoms with Gasteiger partial charge < -0.3 is 14.8 Å². The van der Waals surface area contributed by atoms with E-state index >= 15 is 0 Å². The number of benzene rings is 2. The van der Waals surface area contributed by atoms with Gasteiger partial charge in [-0.05, 0) is 24.3 Å². The Bertz CT molecular complexity index is 935. The first-order valence-corrected chi connectivity index (χ1v) is 8.13. The number of nitrogens with zero attached hydrogens (tertiary/aromatic N) is 1. The minimum atomic E-state index is -0.547. The quantitative estimate of drug-likeness (QED) is 0.546. The Balaban J connectivity index is 1.60. The lowest BCUT2D eigenvalue weighted by molar-refractivity contribution is 0.0596. The first-order valence-electron chi connectivity index (χ1n) is 8.13. The molecule has 1 aromatic heterocycles. The Hall–Kier alpha value is -3.41. The number of methoxy groups -OCH3 is 1. The fourth-order valence-corrected chi connectivity index (χ4v) is 2.58. The van der Waals surface area contributed by atoms with Gasteiger partial charge in [0.05, 0.1) is 24.8 Å². The topological polar surface area (TPSA) is 77.5 Å². The van der Waals surface area contributed by atoms with Gasteiger partial charge in [0.2, 0.25) is 0 Å². The molecule has 2 aromatic carbocycles. The molecule has 0 aliphatic heterocycles. The molecule has 6 nitrogen and oxygen atoms in total. The Kier molecular flexibility index (Phi) is 5.43. The normalized spacial score (nSPS) is 10.3. The fraction of sp³-hybridized carbons (Fsp3) is 0.150. The smallest absolute Gasteiger partial charge is 0.338 e. The molecule has 0 radical (unpaired) electrons. The molecule has 26 heavy (non-hydrogen) atoms. The number of hydrogen-bond acceptors (Lipinski definition) is 5. The molecular weight excluding hydrogens is 332 g/mol. The summed E-state index contributed by atoms with van der Waals surface area (Å²) in [7, 11) is 1.28. The molecule has 0 fully saturated rings. The molecule has 132 valence electrons. The van der Waals surface area contributed by atoms with E-state index in [4.69, 9.17) is 9.47 Å². The van der Waals surface area contributed by atoms with Crippen LogP contribution in [0.3, 0.4) is 0 Å². The standard InChI is InChI=1S/C20H18N2O4/c1-25-20(24)16-9-3-2-8-15(16)19(23)22-12-13-26-17-10-4-6-14-7-5-11-21-18(14)17/h2-11H,12-13H2,1H3,(H,22,23). The Labute approximate surface area is 150 Å². The molecule has 0 atom stereocenters. The highest BCUT2D eigenvalue weighted by Crippen LogP contribution is 2.22. The van der Waals surface area contributed by atoms with Crippen molar-refractivity contribution in [3.05, 3.63) is 71.9 Å². The number of esters is 1. The summed E-state index contributed by atoms with van der Waals surface area (Å²) in [4.78, 5) is 28.4. The summed E-state index contributed by atoms with van der Waals surface area (Å²) in [5.74, 6) is -0.244. The predicted octanol–water partition coefficient (Wildman–Crippen LogP) is 2.83. The van der Waals surface area contributed by atoms with Crippen LogP contribution in [0.2, 0.25) is 0 Å². The number of fused-ring (bicyclic) bond motifs is 1. The summed E-state index contributed by atoms with van der Waals surface area (Å²) < 4.78 is 10.4. The highest BCUT2D eigenvalue weighted by molar-refractivity contribution is 6.05. The lowest BCUT2D eigenvalue weighted by Gasteiger charge is -2.11. The van der Waals surface area contributed by atoms with Crippen LogP contribution >= 0.6 is 0 Å². The Morgan fingerprint density at radius 1 is 1.00 bits per heavy atom. The van der Waals surface area contributed by atoms with Gasteiger partial charge >= 0.3 is 5.97 Å². The van der Waals surface area contributed by atoms with E-state index in [1.54, 1.807) is 30.5 Å². The number of hydrogen-bond donors (Lipinski definition) is 1. The average Bonchev–Trinajstić information content (AvgIpc) is 2.70. The van der Waals surface area contributed by atoms with E-state index in [0.717, 1.165) is 10.9 Å². The summed E-state index contributed by atoms with van der Waals surface area (Å²) in [6.45, 7) is 0.569. The van der Waals surface area contributed by atoms with Crippen LogP contribution < -0.4 is 10.1 Å². The third-order valence-corrected chi connectivity index (χ3v) is 3.82. The number of pyridine rings is 1. The maximum Gasteiger partial charge on any atom is 0.338 e. The van der Waals surface area contributed by atoms with Crippen LogP contribution in [0.5, 0.6) is 5.75 Å². The van der Waals surface area contributed by atoms with Crippen molar-refractivity contribution in [3.63, 3.8) is 0 Å². The molecule has 0 spiro atoms. The molecule has 0 saturated carbocycles. The first kappa shape index (κ1) is 17.4. The van der Waals surface area contributed by atoms with Crippen molar-refractivity contribution in [1.29, 1.82) is 0 Å². The van der Waals surface area contributed by atoms with Crippen LogP contribution in [-0.4, -0.2) is 37.1 Å². The Morgan fingerprint density at radius 3 is 2.58 bits per heavy atom. The maximum atomic E-state index is 12.3. The van der Waals surface area contributed by atoms with Gasteiger partial charge in [-0.15, -0.1) is 0 Å². The monoisotopic (exact) mass is 350 g/mol. The van der Waals surface area contributed by atoms with Crippen LogP contribution in [0.4, 0.5) is 0 Å². The zero-order valence-electron chi connectivity index (χ0n) is 14.3. The number of carbonyl (C=O) groups is 2. The van der Waals surface area contributed by atoms with Crippen LogP contribution in [0.25, 0.3) is 10.9 Å². The number of nitrogens with one attached hydrogen (secondary N) is 1. The van der Waals surface area contributed by atoms with Crippen molar-refractivity contribution < 1.29 is 19.1 Å². The van der Waals surface area contributed by atoms with Crippen molar-refractivity contribution in [2.45, 2.75) is 0 Å². The number of amides is 1. The van der Waals surface area contributed by atoms with E-state index in [1.807, 2.05) is 30.3 Å². The molecule has 0 aliphatic carbocycles. The molecule has 3 rings (SSSR count). The van der Waals surface area contributed by atoms with Gasteiger partial charge in [-0.2, -0.15) is 0 Å². The second kappa shape index (κ2) is 8.11. The zero-order valence-corrected chi connectivity index (χ0v) is 14.3. The molecule has 1 amide bonds.